The summed E-state index contributed by atoms with van der Waals surface area (Å²) < 4.78 is 21.8. The Morgan fingerprint density at radius 1 is 1.00 bits per heavy atom. The first-order chi connectivity index (χ1) is 9.10. The van der Waals surface area contributed by atoms with Gasteiger partial charge in [-0.2, -0.15) is 12.6 Å². The lowest BCUT2D eigenvalue weighted by atomic mass is 10.1. The molecule has 0 spiro atoms. The van der Waals surface area contributed by atoms with Crippen LogP contribution in [0.2, 0.25) is 0 Å². The van der Waals surface area contributed by atoms with Gasteiger partial charge in [0.1, 0.15) is 0 Å². The molecule has 0 saturated carbocycles. The molecule has 0 N–H and O–H groups in total. The molecule has 4 nitrogen and oxygen atoms in total. The molecule has 20 heavy (non-hydrogen) atoms. The largest absolute Gasteiger partial charge is 0.772 e. The SMILES string of the molecule is CC(C)(S)CN1CCCN(CC(C)(C)S(=O)[O-])CCC1. The maximum absolute atomic E-state index is 11.2. The highest BCUT2D eigenvalue weighted by atomic mass is 32.2. The van der Waals surface area contributed by atoms with E-state index in [1.54, 1.807) is 13.8 Å². The van der Waals surface area contributed by atoms with Crippen molar-refractivity contribution in [3.8, 4) is 0 Å². The van der Waals surface area contributed by atoms with Gasteiger partial charge in [0.05, 0.1) is 0 Å². The molecule has 0 aliphatic carbocycles. The van der Waals surface area contributed by atoms with Gasteiger partial charge in [-0.05, 0) is 77.8 Å². The van der Waals surface area contributed by atoms with Gasteiger partial charge in [0.2, 0.25) is 0 Å². The van der Waals surface area contributed by atoms with Gasteiger partial charge in [-0.3, -0.25) is 4.21 Å². The Kier molecular flexibility index (Phi) is 6.99. The van der Waals surface area contributed by atoms with Crippen molar-refractivity contribution < 1.29 is 8.76 Å². The highest BCUT2D eigenvalue weighted by molar-refractivity contribution is 7.81. The monoisotopic (exact) mass is 321 g/mol. The normalized spacial score (nSPS) is 22.3. The molecule has 1 unspecified atom stereocenters. The summed E-state index contributed by atoms with van der Waals surface area (Å²) in [6.07, 6.45) is 2.18. The lowest BCUT2D eigenvalue weighted by Crippen LogP contribution is -2.46. The Morgan fingerprint density at radius 3 is 1.75 bits per heavy atom. The molecule has 120 valence electrons. The number of rotatable bonds is 5. The first kappa shape index (κ1) is 18.4. The van der Waals surface area contributed by atoms with Gasteiger partial charge in [0, 0.05) is 22.6 Å². The quantitative estimate of drug-likeness (QED) is 0.619. The third-order valence-electron chi connectivity index (χ3n) is 3.56. The number of hydrogen-bond acceptors (Lipinski definition) is 5. The van der Waals surface area contributed by atoms with Crippen molar-refractivity contribution in [2.75, 3.05) is 39.3 Å². The van der Waals surface area contributed by atoms with E-state index >= 15 is 0 Å². The fourth-order valence-corrected chi connectivity index (χ4v) is 3.20. The zero-order chi connectivity index (χ0) is 15.4. The third-order valence-corrected chi connectivity index (χ3v) is 4.74. The molecule has 1 aliphatic heterocycles. The molecule has 1 heterocycles. The number of nitrogens with zero attached hydrogens (tertiary/aromatic N) is 2. The molecule has 0 aromatic rings. The predicted octanol–water partition coefficient (Wildman–Crippen LogP) is 1.75. The fraction of sp³-hybridized carbons (Fsp3) is 1.00. The smallest absolute Gasteiger partial charge is 0.0398 e. The number of thiol groups is 1. The van der Waals surface area contributed by atoms with E-state index in [0.717, 1.165) is 45.6 Å². The van der Waals surface area contributed by atoms with E-state index in [-0.39, 0.29) is 4.75 Å². The Morgan fingerprint density at radius 2 is 1.40 bits per heavy atom. The topological polar surface area (TPSA) is 46.6 Å². The third kappa shape index (κ3) is 6.89. The first-order valence-corrected chi connectivity index (χ1v) is 8.89. The van der Waals surface area contributed by atoms with E-state index in [1.807, 2.05) is 0 Å². The second-order valence-corrected chi connectivity index (χ2v) is 9.85. The minimum absolute atomic E-state index is 0.0420. The lowest BCUT2D eigenvalue weighted by molar-refractivity contribution is 0.168. The maximum atomic E-state index is 11.2. The van der Waals surface area contributed by atoms with Gasteiger partial charge in [-0.1, -0.05) is 0 Å². The molecule has 1 aliphatic rings. The summed E-state index contributed by atoms with van der Waals surface area (Å²) in [6.45, 7) is 13.6. The van der Waals surface area contributed by atoms with Crippen LogP contribution < -0.4 is 0 Å². The van der Waals surface area contributed by atoms with Crippen LogP contribution in [0, 0.1) is 0 Å². The van der Waals surface area contributed by atoms with Gasteiger partial charge in [-0.25, -0.2) is 0 Å². The van der Waals surface area contributed by atoms with Gasteiger partial charge < -0.3 is 14.4 Å². The Balaban J connectivity index is 2.44. The molecule has 1 atom stereocenters. The van der Waals surface area contributed by atoms with Crippen LogP contribution in [-0.4, -0.2) is 67.3 Å². The van der Waals surface area contributed by atoms with Crippen LogP contribution in [0.1, 0.15) is 40.5 Å². The predicted molar refractivity (Wildman–Crippen MR) is 88.2 cm³/mol. The fourth-order valence-electron chi connectivity index (χ4n) is 2.71. The van der Waals surface area contributed by atoms with Crippen LogP contribution >= 0.6 is 12.6 Å². The van der Waals surface area contributed by atoms with Crippen molar-refractivity contribution in [1.29, 1.82) is 0 Å². The zero-order valence-corrected chi connectivity index (χ0v) is 14.9. The van der Waals surface area contributed by atoms with Crippen LogP contribution in [0.5, 0.6) is 0 Å². The highest BCUT2D eigenvalue weighted by Crippen LogP contribution is 2.18. The standard InChI is InChI=1S/C14H30N2O2S2/c1-13(2,19)11-15-7-5-9-16(10-6-8-15)12-14(3,4)20(17)18/h19H,5-12H2,1-4H3,(H,17,18)/p-1. The van der Waals surface area contributed by atoms with E-state index in [0.29, 0.717) is 6.54 Å². The summed E-state index contributed by atoms with van der Waals surface area (Å²) in [4.78, 5) is 4.76. The van der Waals surface area contributed by atoms with Crippen molar-refractivity contribution in [3.05, 3.63) is 0 Å². The van der Waals surface area contributed by atoms with Crippen molar-refractivity contribution in [1.82, 2.24) is 9.80 Å². The van der Waals surface area contributed by atoms with Crippen LogP contribution in [0.4, 0.5) is 0 Å². The van der Waals surface area contributed by atoms with Gasteiger partial charge >= 0.3 is 0 Å². The van der Waals surface area contributed by atoms with Crippen molar-refractivity contribution in [2.45, 2.75) is 50.0 Å². The summed E-state index contributed by atoms with van der Waals surface area (Å²) in [5, 5.41) is 0. The Bertz CT molecular complexity index is 320. The average molecular weight is 322 g/mol. The van der Waals surface area contributed by atoms with Crippen molar-refractivity contribution >= 4 is 23.7 Å². The molecule has 6 heteroatoms. The second kappa shape index (κ2) is 7.58. The van der Waals surface area contributed by atoms with Gasteiger partial charge in [0.25, 0.3) is 0 Å². The lowest BCUT2D eigenvalue weighted by Gasteiger charge is -2.37. The summed E-state index contributed by atoms with van der Waals surface area (Å²) in [7, 11) is 0. The zero-order valence-electron chi connectivity index (χ0n) is 13.2. The van der Waals surface area contributed by atoms with Gasteiger partial charge in [0.15, 0.2) is 0 Å². The maximum Gasteiger partial charge on any atom is 0.0398 e. The summed E-state index contributed by atoms with van der Waals surface area (Å²) >= 11 is 2.58. The van der Waals surface area contributed by atoms with Crippen LogP contribution in [0.15, 0.2) is 0 Å². The van der Waals surface area contributed by atoms with E-state index in [9.17, 15) is 8.76 Å². The van der Waals surface area contributed by atoms with E-state index in [4.69, 9.17) is 0 Å². The molecule has 1 fully saturated rings. The molecule has 0 aromatic carbocycles. The van der Waals surface area contributed by atoms with E-state index in [2.05, 4.69) is 36.3 Å². The first-order valence-electron chi connectivity index (χ1n) is 7.37. The minimum Gasteiger partial charge on any atom is -0.772 e. The molecule has 1 rings (SSSR count). The van der Waals surface area contributed by atoms with Crippen LogP contribution in [0.25, 0.3) is 0 Å². The molecule has 1 saturated heterocycles. The van der Waals surface area contributed by atoms with E-state index in [1.165, 1.54) is 0 Å². The summed E-state index contributed by atoms with van der Waals surface area (Å²) in [6, 6.07) is 0. The van der Waals surface area contributed by atoms with Gasteiger partial charge in [-0.15, -0.1) is 0 Å². The second-order valence-electron chi connectivity index (χ2n) is 7.07. The van der Waals surface area contributed by atoms with Crippen LogP contribution in [-0.2, 0) is 11.1 Å². The molecule has 0 bridgehead atoms. The van der Waals surface area contributed by atoms with Crippen molar-refractivity contribution in [2.24, 2.45) is 0 Å². The van der Waals surface area contributed by atoms with Crippen LogP contribution in [0.3, 0.4) is 0 Å². The minimum atomic E-state index is -2.02. The Labute approximate surface area is 132 Å². The highest BCUT2D eigenvalue weighted by Gasteiger charge is 2.24. The van der Waals surface area contributed by atoms with Crippen molar-refractivity contribution in [3.63, 3.8) is 0 Å². The Hall–Kier alpha value is 0.380. The summed E-state index contributed by atoms with van der Waals surface area (Å²) in [5.41, 5.74) is 0. The molecule has 0 radical (unpaired) electrons. The molecular formula is C14H29N2O2S2-. The molecule has 0 aromatic heterocycles. The average Bonchev–Trinajstić information content (AvgIpc) is 2.22. The molecule has 0 amide bonds. The number of hydrogen-bond donors (Lipinski definition) is 1. The van der Waals surface area contributed by atoms with E-state index < -0.39 is 15.8 Å². The summed E-state index contributed by atoms with van der Waals surface area (Å²) in [5.74, 6) is 0. The molecular weight excluding hydrogens is 292 g/mol.